The summed E-state index contributed by atoms with van der Waals surface area (Å²) in [6.07, 6.45) is 1.68. The minimum atomic E-state index is -3.54. The zero-order valence-corrected chi connectivity index (χ0v) is 19.3. The molecule has 0 atom stereocenters. The Morgan fingerprint density at radius 2 is 1.48 bits per heavy atom. The number of anilines is 1. The maximum atomic E-state index is 12.2. The summed E-state index contributed by atoms with van der Waals surface area (Å²) < 4.78 is 38.2. The van der Waals surface area contributed by atoms with E-state index >= 15 is 0 Å². The smallest absolute Gasteiger partial charge is 0.262 e. The molecule has 174 valence electrons. The molecule has 0 aliphatic carbocycles. The van der Waals surface area contributed by atoms with Crippen LogP contribution < -0.4 is 19.5 Å². The van der Waals surface area contributed by atoms with Gasteiger partial charge in [0.1, 0.15) is 18.1 Å². The van der Waals surface area contributed by atoms with Crippen molar-refractivity contribution in [2.75, 3.05) is 18.5 Å². The SMILES string of the molecule is CCCCNS(=O)(=O)c1ccc(OCC(=O)Nc2ccc(OCc3ccccc3)cc2)cc1. The van der Waals surface area contributed by atoms with Gasteiger partial charge in [-0.05, 0) is 60.5 Å². The molecule has 0 aromatic heterocycles. The van der Waals surface area contributed by atoms with E-state index in [0.717, 1.165) is 18.4 Å². The molecule has 0 fully saturated rings. The van der Waals surface area contributed by atoms with Gasteiger partial charge in [0, 0.05) is 12.2 Å². The van der Waals surface area contributed by atoms with Crippen LogP contribution in [-0.4, -0.2) is 27.5 Å². The third kappa shape index (κ3) is 7.93. The first-order valence-corrected chi connectivity index (χ1v) is 12.2. The highest BCUT2D eigenvalue weighted by atomic mass is 32.2. The maximum absolute atomic E-state index is 12.2. The monoisotopic (exact) mass is 468 g/mol. The number of unbranched alkanes of at least 4 members (excludes halogenated alkanes) is 1. The average molecular weight is 469 g/mol. The van der Waals surface area contributed by atoms with Crippen molar-refractivity contribution in [3.8, 4) is 11.5 Å². The molecular weight excluding hydrogens is 440 g/mol. The van der Waals surface area contributed by atoms with Crippen molar-refractivity contribution >= 4 is 21.6 Å². The van der Waals surface area contributed by atoms with Crippen LogP contribution >= 0.6 is 0 Å². The highest BCUT2D eigenvalue weighted by Crippen LogP contribution is 2.18. The van der Waals surface area contributed by atoms with Crippen molar-refractivity contribution < 1.29 is 22.7 Å². The van der Waals surface area contributed by atoms with Gasteiger partial charge < -0.3 is 14.8 Å². The zero-order valence-electron chi connectivity index (χ0n) is 18.5. The Morgan fingerprint density at radius 1 is 0.848 bits per heavy atom. The molecule has 1 amide bonds. The molecule has 3 aromatic rings. The molecule has 8 heteroatoms. The van der Waals surface area contributed by atoms with Crippen LogP contribution in [0.2, 0.25) is 0 Å². The van der Waals surface area contributed by atoms with E-state index in [1.165, 1.54) is 24.3 Å². The van der Waals surface area contributed by atoms with Gasteiger partial charge >= 0.3 is 0 Å². The molecule has 0 spiro atoms. The second-order valence-electron chi connectivity index (χ2n) is 7.36. The van der Waals surface area contributed by atoms with E-state index in [2.05, 4.69) is 10.0 Å². The predicted molar refractivity (Wildman–Crippen MR) is 128 cm³/mol. The number of nitrogens with one attached hydrogen (secondary N) is 2. The number of carbonyl (C=O) groups is 1. The lowest BCUT2D eigenvalue weighted by Crippen LogP contribution is -2.24. The third-order valence-electron chi connectivity index (χ3n) is 4.71. The van der Waals surface area contributed by atoms with Gasteiger partial charge in [-0.2, -0.15) is 0 Å². The molecule has 7 nitrogen and oxygen atoms in total. The predicted octanol–water partition coefficient (Wildman–Crippen LogP) is 4.36. The molecule has 0 unspecified atom stereocenters. The van der Waals surface area contributed by atoms with E-state index in [1.54, 1.807) is 24.3 Å². The number of hydrogen-bond donors (Lipinski definition) is 2. The van der Waals surface area contributed by atoms with E-state index in [0.29, 0.717) is 30.3 Å². The summed E-state index contributed by atoms with van der Waals surface area (Å²) in [5.74, 6) is 0.778. The molecule has 0 bridgehead atoms. The van der Waals surface area contributed by atoms with Crippen LogP contribution in [0.5, 0.6) is 11.5 Å². The summed E-state index contributed by atoms with van der Waals surface area (Å²) >= 11 is 0. The fourth-order valence-corrected chi connectivity index (χ4v) is 3.98. The molecule has 3 rings (SSSR count). The second kappa shape index (κ2) is 12.0. The summed E-state index contributed by atoms with van der Waals surface area (Å²) in [5.41, 5.74) is 1.70. The molecule has 0 heterocycles. The van der Waals surface area contributed by atoms with Crippen LogP contribution in [0.3, 0.4) is 0 Å². The molecule has 0 aliphatic heterocycles. The van der Waals surface area contributed by atoms with Crippen LogP contribution in [0.25, 0.3) is 0 Å². The number of ether oxygens (including phenoxy) is 2. The lowest BCUT2D eigenvalue weighted by atomic mass is 10.2. The maximum Gasteiger partial charge on any atom is 0.262 e. The lowest BCUT2D eigenvalue weighted by molar-refractivity contribution is -0.118. The van der Waals surface area contributed by atoms with Gasteiger partial charge in [0.05, 0.1) is 4.90 Å². The molecule has 0 saturated carbocycles. The van der Waals surface area contributed by atoms with Gasteiger partial charge in [0.15, 0.2) is 6.61 Å². The largest absolute Gasteiger partial charge is 0.489 e. The van der Waals surface area contributed by atoms with Crippen molar-refractivity contribution in [2.45, 2.75) is 31.3 Å². The normalized spacial score (nSPS) is 11.1. The Bertz CT molecular complexity index is 1120. The molecule has 2 N–H and O–H groups in total. The van der Waals surface area contributed by atoms with E-state index in [9.17, 15) is 13.2 Å². The van der Waals surface area contributed by atoms with E-state index in [4.69, 9.17) is 9.47 Å². The quantitative estimate of drug-likeness (QED) is 0.385. The first-order chi connectivity index (χ1) is 16.0. The molecule has 0 radical (unpaired) electrons. The van der Waals surface area contributed by atoms with Crippen LogP contribution in [0, 0.1) is 0 Å². The van der Waals surface area contributed by atoms with Crippen molar-refractivity contribution in [1.29, 1.82) is 0 Å². The standard InChI is InChI=1S/C25H28N2O5S/c1-2-3-17-26-33(29,30)24-15-13-23(14-16-24)32-19-25(28)27-21-9-11-22(12-10-21)31-18-20-7-5-4-6-8-20/h4-16,26H,2-3,17-19H2,1H3,(H,27,28). The van der Waals surface area contributed by atoms with Crippen molar-refractivity contribution in [2.24, 2.45) is 0 Å². The van der Waals surface area contributed by atoms with E-state index in [-0.39, 0.29) is 17.4 Å². The average Bonchev–Trinajstić information content (AvgIpc) is 2.83. The summed E-state index contributed by atoms with van der Waals surface area (Å²) in [5, 5.41) is 2.75. The molecule has 0 aliphatic rings. The number of benzene rings is 3. The van der Waals surface area contributed by atoms with Gasteiger partial charge in [-0.3, -0.25) is 4.79 Å². The van der Waals surface area contributed by atoms with Gasteiger partial charge in [-0.1, -0.05) is 43.7 Å². The van der Waals surface area contributed by atoms with Crippen LogP contribution in [-0.2, 0) is 21.4 Å². The van der Waals surface area contributed by atoms with Gasteiger partial charge in [0.25, 0.3) is 5.91 Å². The van der Waals surface area contributed by atoms with Crippen LogP contribution in [0.4, 0.5) is 5.69 Å². The number of amides is 1. The van der Waals surface area contributed by atoms with Gasteiger partial charge in [-0.25, -0.2) is 13.1 Å². The number of rotatable bonds is 12. The third-order valence-corrected chi connectivity index (χ3v) is 6.19. The number of carbonyl (C=O) groups excluding carboxylic acids is 1. The second-order valence-corrected chi connectivity index (χ2v) is 9.13. The first kappa shape index (κ1) is 24.3. The van der Waals surface area contributed by atoms with Gasteiger partial charge in [-0.15, -0.1) is 0 Å². The summed E-state index contributed by atoms with van der Waals surface area (Å²) in [4.78, 5) is 12.3. The Hall–Kier alpha value is -3.36. The number of sulfonamides is 1. The fraction of sp³-hybridized carbons (Fsp3) is 0.240. The van der Waals surface area contributed by atoms with Crippen molar-refractivity contribution in [3.63, 3.8) is 0 Å². The van der Waals surface area contributed by atoms with Crippen molar-refractivity contribution in [3.05, 3.63) is 84.4 Å². The molecule has 3 aromatic carbocycles. The summed E-state index contributed by atoms with van der Waals surface area (Å²) in [6.45, 7) is 2.66. The van der Waals surface area contributed by atoms with Crippen LogP contribution in [0.15, 0.2) is 83.8 Å². The topological polar surface area (TPSA) is 93.7 Å². The molecule has 33 heavy (non-hydrogen) atoms. The zero-order chi connectivity index (χ0) is 23.5. The molecule has 0 saturated heterocycles. The summed E-state index contributed by atoms with van der Waals surface area (Å²) in [7, 11) is -3.54. The van der Waals surface area contributed by atoms with Crippen molar-refractivity contribution in [1.82, 2.24) is 4.72 Å². The Morgan fingerprint density at radius 3 is 2.15 bits per heavy atom. The van der Waals surface area contributed by atoms with E-state index in [1.807, 2.05) is 37.3 Å². The molecular formula is C25H28N2O5S. The minimum Gasteiger partial charge on any atom is -0.489 e. The van der Waals surface area contributed by atoms with Gasteiger partial charge in [0.2, 0.25) is 10.0 Å². The van der Waals surface area contributed by atoms with Crippen LogP contribution in [0.1, 0.15) is 25.3 Å². The lowest BCUT2D eigenvalue weighted by Gasteiger charge is -2.10. The summed E-state index contributed by atoms with van der Waals surface area (Å²) in [6, 6.07) is 22.9. The minimum absolute atomic E-state index is 0.157. The highest BCUT2D eigenvalue weighted by molar-refractivity contribution is 7.89. The number of hydrogen-bond acceptors (Lipinski definition) is 5. The highest BCUT2D eigenvalue weighted by Gasteiger charge is 2.13. The Labute approximate surface area is 194 Å². The first-order valence-electron chi connectivity index (χ1n) is 10.8. The fourth-order valence-electron chi connectivity index (χ4n) is 2.90. The Balaban J connectivity index is 1.44. The Kier molecular flexibility index (Phi) is 8.86. The van der Waals surface area contributed by atoms with E-state index < -0.39 is 10.0 Å².